The lowest BCUT2D eigenvalue weighted by Crippen LogP contribution is -2.26. The van der Waals surface area contributed by atoms with E-state index in [1.54, 1.807) is 12.4 Å². The van der Waals surface area contributed by atoms with Gasteiger partial charge in [0.25, 0.3) is 0 Å². The highest BCUT2D eigenvalue weighted by atomic mass is 31.2. The summed E-state index contributed by atoms with van der Waals surface area (Å²) < 4.78 is 14.0. The van der Waals surface area contributed by atoms with E-state index in [1.807, 2.05) is 73.7 Å². The Bertz CT molecular complexity index is 741. The molecular formula is C18H16NOP. The van der Waals surface area contributed by atoms with Crippen molar-refractivity contribution in [3.05, 3.63) is 84.7 Å². The summed E-state index contributed by atoms with van der Waals surface area (Å²) in [7, 11) is -2.85. The molecule has 0 aliphatic rings. The second-order valence-electron chi connectivity index (χ2n) is 4.94. The number of hydrogen-bond acceptors (Lipinski definition) is 2. The third kappa shape index (κ3) is 2.43. The van der Waals surface area contributed by atoms with Gasteiger partial charge in [0.2, 0.25) is 0 Å². The van der Waals surface area contributed by atoms with E-state index < -0.39 is 7.14 Å². The van der Waals surface area contributed by atoms with Gasteiger partial charge in [0, 0.05) is 28.3 Å². The summed E-state index contributed by atoms with van der Waals surface area (Å²) in [6.07, 6.45) is 3.48. The smallest absolute Gasteiger partial charge is 0.171 e. The molecule has 0 radical (unpaired) electrons. The Kier molecular flexibility index (Phi) is 3.72. The number of hydrogen-bond donors (Lipinski definition) is 0. The molecule has 0 saturated carbocycles. The highest BCUT2D eigenvalue weighted by molar-refractivity contribution is 7.85. The van der Waals surface area contributed by atoms with Crippen LogP contribution in [0.25, 0.3) is 0 Å². The fraction of sp³-hybridized carbons (Fsp3) is 0.0556. The molecule has 0 bridgehead atoms. The second kappa shape index (κ2) is 5.67. The summed E-state index contributed by atoms with van der Waals surface area (Å²) in [5, 5.41) is 2.56. The summed E-state index contributed by atoms with van der Waals surface area (Å²) in [5.74, 6) is 0. The number of aromatic nitrogens is 1. The summed E-state index contributed by atoms with van der Waals surface area (Å²) in [6, 6.07) is 21.2. The van der Waals surface area contributed by atoms with Crippen molar-refractivity contribution in [1.82, 2.24) is 4.98 Å². The molecule has 0 aliphatic heterocycles. The minimum absolute atomic E-state index is 0.852. The molecule has 0 amide bonds. The van der Waals surface area contributed by atoms with Gasteiger partial charge in [-0.05, 0) is 18.6 Å². The Labute approximate surface area is 124 Å². The van der Waals surface area contributed by atoms with Crippen LogP contribution in [0.5, 0.6) is 0 Å². The predicted octanol–water partition coefficient (Wildman–Crippen LogP) is 3.03. The normalized spacial score (nSPS) is 11.3. The maximum absolute atomic E-state index is 14.0. The van der Waals surface area contributed by atoms with Crippen LogP contribution in [0.1, 0.15) is 5.56 Å². The average molecular weight is 293 g/mol. The first kappa shape index (κ1) is 13.8. The van der Waals surface area contributed by atoms with Crippen molar-refractivity contribution in [3.63, 3.8) is 0 Å². The molecule has 0 N–H and O–H groups in total. The molecule has 3 aromatic rings. The monoisotopic (exact) mass is 293 g/mol. The molecule has 0 spiro atoms. The molecule has 1 aromatic heterocycles. The first-order valence-corrected chi connectivity index (χ1v) is 8.56. The number of benzene rings is 2. The molecule has 21 heavy (non-hydrogen) atoms. The van der Waals surface area contributed by atoms with Gasteiger partial charge in [-0.25, -0.2) is 0 Å². The van der Waals surface area contributed by atoms with Gasteiger partial charge in [-0.2, -0.15) is 0 Å². The van der Waals surface area contributed by atoms with Gasteiger partial charge in [0.1, 0.15) is 0 Å². The van der Waals surface area contributed by atoms with Gasteiger partial charge in [-0.15, -0.1) is 0 Å². The van der Waals surface area contributed by atoms with Gasteiger partial charge < -0.3 is 4.57 Å². The van der Waals surface area contributed by atoms with Crippen LogP contribution in [0.2, 0.25) is 0 Å². The van der Waals surface area contributed by atoms with Crippen molar-refractivity contribution < 1.29 is 4.57 Å². The van der Waals surface area contributed by atoms with Crippen molar-refractivity contribution in [2.45, 2.75) is 6.92 Å². The molecule has 104 valence electrons. The van der Waals surface area contributed by atoms with Crippen molar-refractivity contribution in [3.8, 4) is 0 Å². The largest absolute Gasteiger partial charge is 0.309 e. The van der Waals surface area contributed by atoms with Crippen molar-refractivity contribution in [2.24, 2.45) is 0 Å². The van der Waals surface area contributed by atoms with E-state index >= 15 is 0 Å². The SMILES string of the molecule is Cc1cnccc1P(=O)(c1ccccc1)c1ccccc1. The number of nitrogens with zero attached hydrogens (tertiary/aromatic N) is 1. The Balaban J connectivity index is 2.32. The highest BCUT2D eigenvalue weighted by Gasteiger charge is 2.30. The minimum Gasteiger partial charge on any atom is -0.309 e. The molecule has 0 fully saturated rings. The van der Waals surface area contributed by atoms with Crippen LogP contribution in [-0.2, 0) is 4.57 Å². The topological polar surface area (TPSA) is 30.0 Å². The Morgan fingerprint density at radius 1 is 0.810 bits per heavy atom. The summed E-state index contributed by atoms with van der Waals surface area (Å²) >= 11 is 0. The molecule has 3 heteroatoms. The second-order valence-corrected chi connectivity index (χ2v) is 7.68. The molecule has 3 rings (SSSR count). The lowest BCUT2D eigenvalue weighted by atomic mass is 10.3. The van der Waals surface area contributed by atoms with Gasteiger partial charge in [0.15, 0.2) is 7.14 Å². The van der Waals surface area contributed by atoms with E-state index in [2.05, 4.69) is 4.98 Å². The van der Waals surface area contributed by atoms with Crippen LogP contribution in [0.15, 0.2) is 79.1 Å². The molecule has 2 nitrogen and oxygen atoms in total. The maximum atomic E-state index is 14.0. The molecular weight excluding hydrogens is 277 g/mol. The van der Waals surface area contributed by atoms with Gasteiger partial charge in [0.05, 0.1) is 0 Å². The van der Waals surface area contributed by atoms with E-state index in [9.17, 15) is 4.57 Å². The molecule has 0 atom stereocenters. The number of aryl methyl sites for hydroxylation is 1. The van der Waals surface area contributed by atoms with E-state index in [1.165, 1.54) is 0 Å². The molecule has 0 saturated heterocycles. The number of rotatable bonds is 3. The van der Waals surface area contributed by atoms with Gasteiger partial charge in [-0.1, -0.05) is 60.7 Å². The van der Waals surface area contributed by atoms with Crippen molar-refractivity contribution in [1.29, 1.82) is 0 Å². The van der Waals surface area contributed by atoms with E-state index in [0.29, 0.717) is 0 Å². The van der Waals surface area contributed by atoms with Crippen LogP contribution >= 0.6 is 7.14 Å². The zero-order valence-electron chi connectivity index (χ0n) is 11.8. The zero-order chi connectivity index (χ0) is 14.7. The van der Waals surface area contributed by atoms with E-state index in [-0.39, 0.29) is 0 Å². The summed E-state index contributed by atoms with van der Waals surface area (Å²) in [6.45, 7) is 1.96. The predicted molar refractivity (Wildman–Crippen MR) is 88.4 cm³/mol. The van der Waals surface area contributed by atoms with Crippen LogP contribution in [0.3, 0.4) is 0 Å². The fourth-order valence-corrected chi connectivity index (χ4v) is 5.39. The quantitative estimate of drug-likeness (QED) is 0.695. The first-order valence-electron chi connectivity index (χ1n) is 6.85. The summed E-state index contributed by atoms with van der Waals surface area (Å²) in [4.78, 5) is 4.12. The maximum Gasteiger partial charge on any atom is 0.171 e. The van der Waals surface area contributed by atoms with E-state index in [4.69, 9.17) is 0 Å². The molecule has 2 aromatic carbocycles. The third-order valence-electron chi connectivity index (χ3n) is 3.57. The molecule has 0 aliphatic carbocycles. The Hall–Kier alpha value is -2.18. The third-order valence-corrected chi connectivity index (χ3v) is 6.80. The lowest BCUT2D eigenvalue weighted by molar-refractivity contribution is 0.592. The molecule has 1 heterocycles. The highest BCUT2D eigenvalue weighted by Crippen LogP contribution is 2.42. The first-order chi connectivity index (χ1) is 10.2. The molecule has 0 unspecified atom stereocenters. The average Bonchev–Trinajstić information content (AvgIpc) is 2.56. The minimum atomic E-state index is -2.85. The number of pyridine rings is 1. The standard InChI is InChI=1S/C18H16NOP/c1-15-14-19-13-12-18(15)21(20,16-8-4-2-5-9-16)17-10-6-3-7-11-17/h2-14H,1H3. The van der Waals surface area contributed by atoms with Crippen LogP contribution < -0.4 is 15.9 Å². The Morgan fingerprint density at radius 2 is 1.33 bits per heavy atom. The lowest BCUT2D eigenvalue weighted by Gasteiger charge is -2.21. The van der Waals surface area contributed by atoms with Crippen LogP contribution in [-0.4, -0.2) is 4.98 Å². The van der Waals surface area contributed by atoms with E-state index in [0.717, 1.165) is 21.5 Å². The summed E-state index contributed by atoms with van der Waals surface area (Å²) in [5.41, 5.74) is 0.952. The van der Waals surface area contributed by atoms with Gasteiger partial charge in [-0.3, -0.25) is 4.98 Å². The Morgan fingerprint density at radius 3 is 1.81 bits per heavy atom. The van der Waals surface area contributed by atoms with Gasteiger partial charge >= 0.3 is 0 Å². The van der Waals surface area contributed by atoms with Crippen LogP contribution in [0.4, 0.5) is 0 Å². The van der Waals surface area contributed by atoms with Crippen molar-refractivity contribution in [2.75, 3.05) is 0 Å². The fourth-order valence-electron chi connectivity index (χ4n) is 2.52. The van der Waals surface area contributed by atoms with Crippen LogP contribution in [0, 0.1) is 6.92 Å². The van der Waals surface area contributed by atoms with Crippen molar-refractivity contribution >= 4 is 23.1 Å². The zero-order valence-corrected chi connectivity index (χ0v) is 12.7.